The van der Waals surface area contributed by atoms with Crippen molar-refractivity contribution in [1.29, 1.82) is 0 Å². The zero-order valence-corrected chi connectivity index (χ0v) is 13.4. The number of nitrogens with two attached hydrogens (primary N) is 1. The molecular weight excluding hydrogens is 268 g/mol. The van der Waals surface area contributed by atoms with Gasteiger partial charge in [0, 0.05) is 20.1 Å². The standard InChI is InChI=1S/C15H26N4O2/c1-5-15(6-7-15)9-17-11-12(16)19(8-10(2)3)14(21)18(4)13(11)20/h10,17H,5-9,16H2,1-4H3. The normalized spacial score (nSPS) is 16.2. The maximum absolute atomic E-state index is 12.3. The summed E-state index contributed by atoms with van der Waals surface area (Å²) < 4.78 is 2.62. The molecule has 0 aliphatic heterocycles. The SMILES string of the molecule is CCC1(CNc2c(N)n(CC(C)C)c(=O)n(C)c2=O)CC1. The minimum atomic E-state index is -0.353. The summed E-state index contributed by atoms with van der Waals surface area (Å²) in [7, 11) is 1.50. The van der Waals surface area contributed by atoms with Crippen molar-refractivity contribution >= 4 is 11.5 Å². The molecule has 0 bridgehead atoms. The molecular formula is C15H26N4O2. The van der Waals surface area contributed by atoms with Crippen molar-refractivity contribution in [2.75, 3.05) is 17.6 Å². The Morgan fingerprint density at radius 2 is 1.95 bits per heavy atom. The third-order valence-electron chi connectivity index (χ3n) is 4.48. The molecule has 21 heavy (non-hydrogen) atoms. The number of rotatable bonds is 6. The summed E-state index contributed by atoms with van der Waals surface area (Å²) in [6.45, 7) is 7.44. The van der Waals surface area contributed by atoms with Crippen LogP contribution in [-0.4, -0.2) is 15.7 Å². The van der Waals surface area contributed by atoms with E-state index in [-0.39, 0.29) is 23.0 Å². The van der Waals surface area contributed by atoms with Crippen LogP contribution < -0.4 is 22.3 Å². The maximum Gasteiger partial charge on any atom is 0.332 e. The van der Waals surface area contributed by atoms with Crippen LogP contribution in [0.1, 0.15) is 40.0 Å². The second-order valence-electron chi connectivity index (χ2n) is 6.62. The van der Waals surface area contributed by atoms with E-state index < -0.39 is 0 Å². The Balaban J connectivity index is 2.38. The molecule has 1 aliphatic rings. The van der Waals surface area contributed by atoms with Crippen LogP contribution in [0.15, 0.2) is 9.59 Å². The molecule has 1 heterocycles. The maximum atomic E-state index is 12.3. The van der Waals surface area contributed by atoms with E-state index in [1.807, 2.05) is 13.8 Å². The molecule has 1 aromatic rings. The lowest BCUT2D eigenvalue weighted by Gasteiger charge is -2.19. The first-order valence-corrected chi connectivity index (χ1v) is 7.64. The van der Waals surface area contributed by atoms with E-state index in [2.05, 4.69) is 12.2 Å². The lowest BCUT2D eigenvalue weighted by atomic mass is 10.0. The minimum absolute atomic E-state index is 0.253. The van der Waals surface area contributed by atoms with Gasteiger partial charge in [-0.25, -0.2) is 4.79 Å². The molecule has 0 saturated heterocycles. The van der Waals surface area contributed by atoms with E-state index in [1.165, 1.54) is 24.5 Å². The molecule has 0 radical (unpaired) electrons. The number of hydrogen-bond acceptors (Lipinski definition) is 4. The topological polar surface area (TPSA) is 82.0 Å². The second-order valence-corrected chi connectivity index (χ2v) is 6.62. The second kappa shape index (κ2) is 5.58. The molecule has 0 atom stereocenters. The van der Waals surface area contributed by atoms with Crippen LogP contribution >= 0.6 is 0 Å². The molecule has 0 amide bonds. The van der Waals surface area contributed by atoms with E-state index in [1.54, 1.807) is 0 Å². The van der Waals surface area contributed by atoms with Crippen molar-refractivity contribution in [1.82, 2.24) is 9.13 Å². The summed E-state index contributed by atoms with van der Waals surface area (Å²) in [4.78, 5) is 24.5. The number of anilines is 2. The fourth-order valence-electron chi connectivity index (χ4n) is 2.60. The Bertz CT molecular complexity index is 638. The highest BCUT2D eigenvalue weighted by molar-refractivity contribution is 5.60. The van der Waals surface area contributed by atoms with Gasteiger partial charge in [-0.3, -0.25) is 13.9 Å². The molecule has 1 aromatic heterocycles. The van der Waals surface area contributed by atoms with Gasteiger partial charge < -0.3 is 11.1 Å². The first kappa shape index (κ1) is 15.7. The van der Waals surface area contributed by atoms with Gasteiger partial charge >= 0.3 is 5.69 Å². The number of nitrogens with one attached hydrogen (secondary N) is 1. The molecule has 2 rings (SSSR count). The van der Waals surface area contributed by atoms with Crippen molar-refractivity contribution in [3.05, 3.63) is 20.8 Å². The van der Waals surface area contributed by atoms with Crippen LogP contribution in [0.4, 0.5) is 11.5 Å². The van der Waals surface area contributed by atoms with Crippen LogP contribution in [0, 0.1) is 11.3 Å². The molecule has 1 saturated carbocycles. The van der Waals surface area contributed by atoms with E-state index in [0.29, 0.717) is 17.6 Å². The molecule has 0 aromatic carbocycles. The summed E-state index contributed by atoms with van der Waals surface area (Å²) in [6.07, 6.45) is 3.45. The summed E-state index contributed by atoms with van der Waals surface area (Å²) in [6, 6.07) is 0. The first-order valence-electron chi connectivity index (χ1n) is 7.64. The summed E-state index contributed by atoms with van der Waals surface area (Å²) >= 11 is 0. The lowest BCUT2D eigenvalue weighted by molar-refractivity contribution is 0.492. The van der Waals surface area contributed by atoms with Gasteiger partial charge in [0.1, 0.15) is 11.5 Å². The van der Waals surface area contributed by atoms with Crippen LogP contribution in [0.2, 0.25) is 0 Å². The van der Waals surface area contributed by atoms with E-state index in [9.17, 15) is 9.59 Å². The third kappa shape index (κ3) is 2.99. The Kier molecular flexibility index (Phi) is 4.16. The largest absolute Gasteiger partial charge is 0.383 e. The van der Waals surface area contributed by atoms with Gasteiger partial charge in [-0.1, -0.05) is 20.8 Å². The Labute approximate surface area is 125 Å². The van der Waals surface area contributed by atoms with Gasteiger partial charge in [-0.2, -0.15) is 0 Å². The number of aromatic nitrogens is 2. The molecule has 3 N–H and O–H groups in total. The molecule has 0 unspecified atom stereocenters. The van der Waals surface area contributed by atoms with Crippen molar-refractivity contribution < 1.29 is 0 Å². The summed E-state index contributed by atoms with van der Waals surface area (Å²) in [5.74, 6) is 0.532. The van der Waals surface area contributed by atoms with E-state index in [4.69, 9.17) is 5.73 Å². The minimum Gasteiger partial charge on any atom is -0.383 e. The molecule has 6 heteroatoms. The molecule has 1 fully saturated rings. The first-order chi connectivity index (χ1) is 9.81. The van der Waals surface area contributed by atoms with E-state index in [0.717, 1.165) is 17.5 Å². The fourth-order valence-corrected chi connectivity index (χ4v) is 2.60. The van der Waals surface area contributed by atoms with Gasteiger partial charge in [0.05, 0.1) is 0 Å². The Morgan fingerprint density at radius 3 is 2.43 bits per heavy atom. The van der Waals surface area contributed by atoms with Gasteiger partial charge in [0.25, 0.3) is 5.56 Å². The van der Waals surface area contributed by atoms with Crippen molar-refractivity contribution in [3.8, 4) is 0 Å². The Morgan fingerprint density at radius 1 is 1.33 bits per heavy atom. The fraction of sp³-hybridized carbons (Fsp3) is 0.733. The third-order valence-corrected chi connectivity index (χ3v) is 4.48. The van der Waals surface area contributed by atoms with Gasteiger partial charge in [-0.05, 0) is 30.6 Å². The average molecular weight is 294 g/mol. The highest BCUT2D eigenvalue weighted by Gasteiger charge is 2.40. The predicted molar refractivity (Wildman–Crippen MR) is 85.6 cm³/mol. The summed E-state index contributed by atoms with van der Waals surface area (Å²) in [5, 5.41) is 3.20. The number of nitrogen functional groups attached to an aromatic ring is 1. The van der Waals surface area contributed by atoms with Crippen LogP contribution in [0.5, 0.6) is 0 Å². The number of nitrogens with zero attached hydrogens (tertiary/aromatic N) is 2. The monoisotopic (exact) mass is 294 g/mol. The predicted octanol–water partition coefficient (Wildman–Crippen LogP) is 1.39. The van der Waals surface area contributed by atoms with Crippen molar-refractivity contribution in [2.45, 2.75) is 46.6 Å². The van der Waals surface area contributed by atoms with E-state index >= 15 is 0 Å². The van der Waals surface area contributed by atoms with Crippen molar-refractivity contribution in [3.63, 3.8) is 0 Å². The Hall–Kier alpha value is -1.72. The average Bonchev–Trinajstić information content (AvgIpc) is 3.22. The smallest absolute Gasteiger partial charge is 0.332 e. The lowest BCUT2D eigenvalue weighted by Crippen LogP contribution is -2.41. The van der Waals surface area contributed by atoms with Gasteiger partial charge in [0.2, 0.25) is 0 Å². The highest BCUT2D eigenvalue weighted by atomic mass is 16.2. The molecule has 1 aliphatic carbocycles. The zero-order chi connectivity index (χ0) is 15.8. The highest BCUT2D eigenvalue weighted by Crippen LogP contribution is 2.48. The van der Waals surface area contributed by atoms with Crippen LogP contribution in [-0.2, 0) is 13.6 Å². The molecule has 118 valence electrons. The van der Waals surface area contributed by atoms with Crippen LogP contribution in [0.3, 0.4) is 0 Å². The molecule has 0 spiro atoms. The molecule has 6 nitrogen and oxygen atoms in total. The quantitative estimate of drug-likeness (QED) is 0.830. The summed E-state index contributed by atoms with van der Waals surface area (Å²) in [5.41, 5.74) is 6.04. The van der Waals surface area contributed by atoms with Crippen LogP contribution in [0.25, 0.3) is 0 Å². The zero-order valence-electron chi connectivity index (χ0n) is 13.4. The van der Waals surface area contributed by atoms with Crippen molar-refractivity contribution in [2.24, 2.45) is 18.4 Å². The van der Waals surface area contributed by atoms with Gasteiger partial charge in [0.15, 0.2) is 0 Å². The van der Waals surface area contributed by atoms with Gasteiger partial charge in [-0.15, -0.1) is 0 Å². The number of hydrogen-bond donors (Lipinski definition) is 2.